The molecule has 2 fully saturated rings. The standard InChI is InChI=1S/C26H45NO3/c1-4-6-7-8-9-18-26(29)30-25-19-23-21(14-10-11-16-22(28)13-5-2)15-12-17-24(23)27-20(25)3/h7-9,18,20-25,27-28H,4-6,10-17,19H2,1-3H3/b8-7+,18-9+/t20-,21+,22-,23+,24-,25-/m1/s1. The first-order valence-electron chi connectivity index (χ1n) is 12.5. The van der Waals surface area contributed by atoms with Crippen LogP contribution >= 0.6 is 0 Å². The van der Waals surface area contributed by atoms with Crippen molar-refractivity contribution in [3.05, 3.63) is 24.3 Å². The van der Waals surface area contributed by atoms with Gasteiger partial charge < -0.3 is 15.2 Å². The Morgan fingerprint density at radius 2 is 2.00 bits per heavy atom. The molecule has 0 bridgehead atoms. The molecule has 1 saturated carbocycles. The van der Waals surface area contributed by atoms with Crippen LogP contribution in [0, 0.1) is 11.8 Å². The summed E-state index contributed by atoms with van der Waals surface area (Å²) in [6.45, 7) is 6.42. The molecule has 0 spiro atoms. The fourth-order valence-corrected chi connectivity index (χ4v) is 5.27. The highest BCUT2D eigenvalue weighted by Gasteiger charge is 2.41. The number of nitrogens with one attached hydrogen (secondary N) is 1. The van der Waals surface area contributed by atoms with E-state index in [4.69, 9.17) is 4.74 Å². The zero-order valence-corrected chi connectivity index (χ0v) is 19.5. The fourth-order valence-electron chi connectivity index (χ4n) is 5.27. The van der Waals surface area contributed by atoms with Crippen molar-refractivity contribution in [2.45, 2.75) is 122 Å². The Labute approximate surface area is 184 Å². The van der Waals surface area contributed by atoms with Gasteiger partial charge in [0.15, 0.2) is 0 Å². The van der Waals surface area contributed by atoms with Gasteiger partial charge >= 0.3 is 5.97 Å². The van der Waals surface area contributed by atoms with E-state index in [-0.39, 0.29) is 24.2 Å². The number of aliphatic hydroxyl groups is 1. The van der Waals surface area contributed by atoms with Gasteiger partial charge in [-0.15, -0.1) is 0 Å². The van der Waals surface area contributed by atoms with Crippen LogP contribution in [0.5, 0.6) is 0 Å². The number of carbonyl (C=O) groups is 1. The van der Waals surface area contributed by atoms with Crippen LogP contribution in [-0.4, -0.2) is 35.4 Å². The number of esters is 1. The van der Waals surface area contributed by atoms with Crippen LogP contribution in [0.3, 0.4) is 0 Å². The molecule has 1 saturated heterocycles. The Hall–Kier alpha value is -1.13. The number of allylic oxidation sites excluding steroid dienone is 3. The van der Waals surface area contributed by atoms with Crippen LogP contribution in [0.2, 0.25) is 0 Å². The van der Waals surface area contributed by atoms with Gasteiger partial charge in [-0.3, -0.25) is 0 Å². The lowest BCUT2D eigenvalue weighted by Gasteiger charge is -2.47. The predicted molar refractivity (Wildman–Crippen MR) is 124 cm³/mol. The summed E-state index contributed by atoms with van der Waals surface area (Å²) in [5.74, 6) is 1.08. The lowest BCUT2D eigenvalue weighted by molar-refractivity contribution is -0.148. The van der Waals surface area contributed by atoms with Crippen molar-refractivity contribution < 1.29 is 14.6 Å². The van der Waals surface area contributed by atoms with Crippen molar-refractivity contribution in [1.29, 1.82) is 0 Å². The second-order valence-electron chi connectivity index (χ2n) is 9.43. The predicted octanol–water partition coefficient (Wildman–Crippen LogP) is 5.70. The molecule has 0 radical (unpaired) electrons. The van der Waals surface area contributed by atoms with Gasteiger partial charge in [0, 0.05) is 18.2 Å². The number of fused-ring (bicyclic) bond motifs is 1. The third-order valence-electron chi connectivity index (χ3n) is 6.94. The third kappa shape index (κ3) is 8.55. The van der Waals surface area contributed by atoms with Crippen molar-refractivity contribution >= 4 is 5.97 Å². The van der Waals surface area contributed by atoms with Crippen LogP contribution < -0.4 is 5.32 Å². The topological polar surface area (TPSA) is 58.6 Å². The fraction of sp³-hybridized carbons (Fsp3) is 0.808. The van der Waals surface area contributed by atoms with Crippen molar-refractivity contribution in [2.24, 2.45) is 11.8 Å². The lowest BCUT2D eigenvalue weighted by Crippen LogP contribution is -2.57. The number of ether oxygens (including phenoxy) is 1. The van der Waals surface area contributed by atoms with Crippen molar-refractivity contribution in [1.82, 2.24) is 5.32 Å². The van der Waals surface area contributed by atoms with Crippen LogP contribution in [0.15, 0.2) is 24.3 Å². The second-order valence-corrected chi connectivity index (χ2v) is 9.43. The molecule has 0 aromatic carbocycles. The smallest absolute Gasteiger partial charge is 0.331 e. The minimum Gasteiger partial charge on any atom is -0.458 e. The average molecular weight is 420 g/mol. The van der Waals surface area contributed by atoms with Gasteiger partial charge in [-0.25, -0.2) is 4.79 Å². The van der Waals surface area contributed by atoms with Crippen molar-refractivity contribution in [3.63, 3.8) is 0 Å². The molecule has 6 atom stereocenters. The van der Waals surface area contributed by atoms with Gasteiger partial charge in [-0.2, -0.15) is 0 Å². The first-order valence-corrected chi connectivity index (χ1v) is 12.5. The number of hydrogen-bond donors (Lipinski definition) is 2. The zero-order chi connectivity index (χ0) is 21.8. The Morgan fingerprint density at radius 3 is 2.77 bits per heavy atom. The highest BCUT2D eigenvalue weighted by atomic mass is 16.5. The van der Waals surface area contributed by atoms with Gasteiger partial charge in [0.2, 0.25) is 0 Å². The number of hydrogen-bond acceptors (Lipinski definition) is 4. The number of carbonyl (C=O) groups excluding carboxylic acids is 1. The quantitative estimate of drug-likeness (QED) is 0.184. The number of aliphatic hydroxyl groups excluding tert-OH is 1. The molecule has 172 valence electrons. The molecular formula is C26H45NO3. The Morgan fingerprint density at radius 1 is 1.17 bits per heavy atom. The molecule has 2 aliphatic rings. The molecule has 2 rings (SSSR count). The summed E-state index contributed by atoms with van der Waals surface area (Å²) in [5, 5.41) is 13.7. The number of piperidine rings is 1. The molecule has 4 heteroatoms. The average Bonchev–Trinajstić information content (AvgIpc) is 2.72. The molecule has 1 aliphatic carbocycles. The molecule has 2 N–H and O–H groups in total. The van der Waals surface area contributed by atoms with E-state index in [1.165, 1.54) is 32.1 Å². The van der Waals surface area contributed by atoms with Gasteiger partial charge in [-0.1, -0.05) is 77.0 Å². The van der Waals surface area contributed by atoms with E-state index >= 15 is 0 Å². The summed E-state index contributed by atoms with van der Waals surface area (Å²) < 4.78 is 5.84. The van der Waals surface area contributed by atoms with Gasteiger partial charge in [0.1, 0.15) is 6.10 Å². The van der Waals surface area contributed by atoms with Crippen LogP contribution in [0.1, 0.15) is 97.8 Å². The molecule has 4 nitrogen and oxygen atoms in total. The van der Waals surface area contributed by atoms with Gasteiger partial charge in [-0.05, 0) is 50.9 Å². The molecule has 30 heavy (non-hydrogen) atoms. The minimum absolute atomic E-state index is 0.0463. The van der Waals surface area contributed by atoms with Crippen molar-refractivity contribution in [3.8, 4) is 0 Å². The summed E-state index contributed by atoms with van der Waals surface area (Å²) in [6, 6.07) is 0.772. The molecule has 0 amide bonds. The summed E-state index contributed by atoms with van der Waals surface area (Å²) in [5.41, 5.74) is 0. The van der Waals surface area contributed by atoms with E-state index in [2.05, 4.69) is 32.2 Å². The van der Waals surface area contributed by atoms with E-state index in [1.54, 1.807) is 12.2 Å². The third-order valence-corrected chi connectivity index (χ3v) is 6.94. The van der Waals surface area contributed by atoms with E-state index in [0.717, 1.165) is 44.9 Å². The zero-order valence-electron chi connectivity index (χ0n) is 19.5. The first kappa shape index (κ1) is 25.1. The normalized spacial score (nSPS) is 30.5. The maximum Gasteiger partial charge on any atom is 0.331 e. The van der Waals surface area contributed by atoms with E-state index in [0.29, 0.717) is 17.9 Å². The summed E-state index contributed by atoms with van der Waals surface area (Å²) in [7, 11) is 0. The number of unbranched alkanes of at least 4 members (excludes halogenated alkanes) is 2. The SMILES string of the molecule is CCC/C=C/C=C/C(=O)O[C@@H]1C[C@H]2[C@@H](CCCC[C@H](O)CCC)CCC[C@H]2N[C@@H]1C. The summed E-state index contributed by atoms with van der Waals surface area (Å²) in [4.78, 5) is 12.3. The molecule has 0 aromatic rings. The van der Waals surface area contributed by atoms with Crippen LogP contribution in [0.4, 0.5) is 0 Å². The van der Waals surface area contributed by atoms with Crippen LogP contribution in [0.25, 0.3) is 0 Å². The lowest BCUT2D eigenvalue weighted by atomic mass is 9.68. The van der Waals surface area contributed by atoms with Gasteiger partial charge in [0.25, 0.3) is 0 Å². The van der Waals surface area contributed by atoms with E-state index < -0.39 is 0 Å². The molecule has 0 aromatic heterocycles. The maximum atomic E-state index is 12.3. The van der Waals surface area contributed by atoms with Crippen LogP contribution in [-0.2, 0) is 9.53 Å². The minimum atomic E-state index is -0.231. The molecular weight excluding hydrogens is 374 g/mol. The molecule has 1 aliphatic heterocycles. The Bertz CT molecular complexity index is 544. The summed E-state index contributed by atoms with van der Waals surface area (Å²) >= 11 is 0. The second kappa shape index (κ2) is 14.0. The highest BCUT2D eigenvalue weighted by molar-refractivity contribution is 5.82. The van der Waals surface area contributed by atoms with E-state index in [9.17, 15) is 9.90 Å². The number of rotatable bonds is 12. The maximum absolute atomic E-state index is 12.3. The van der Waals surface area contributed by atoms with Crippen molar-refractivity contribution in [2.75, 3.05) is 0 Å². The Balaban J connectivity index is 1.82. The van der Waals surface area contributed by atoms with Gasteiger partial charge in [0.05, 0.1) is 6.10 Å². The molecule has 0 unspecified atom stereocenters. The van der Waals surface area contributed by atoms with E-state index in [1.807, 2.05) is 6.08 Å². The summed E-state index contributed by atoms with van der Waals surface area (Å²) in [6.07, 6.45) is 20.6. The molecule has 1 heterocycles. The largest absolute Gasteiger partial charge is 0.458 e. The first-order chi connectivity index (χ1) is 14.5. The monoisotopic (exact) mass is 419 g/mol. The highest BCUT2D eigenvalue weighted by Crippen LogP contribution is 2.40. The Kier molecular flexibility index (Phi) is 11.8.